The first-order valence-electron chi connectivity index (χ1n) is 14.5. The molecule has 0 bridgehead atoms. The van der Waals surface area contributed by atoms with Crippen molar-refractivity contribution in [1.29, 1.82) is 0 Å². The molecule has 0 atom stereocenters. The second-order valence-corrected chi connectivity index (χ2v) is 11.3. The Kier molecular flexibility index (Phi) is 8.59. The molecule has 216 valence electrons. The van der Waals surface area contributed by atoms with E-state index in [1.807, 2.05) is 38.2 Å². The van der Waals surface area contributed by atoms with Crippen LogP contribution in [-0.2, 0) is 6.42 Å². The number of nitrogens with zero attached hydrogens (tertiary/aromatic N) is 3. The number of benzene rings is 2. The summed E-state index contributed by atoms with van der Waals surface area (Å²) in [6, 6.07) is 12.4. The van der Waals surface area contributed by atoms with Crippen LogP contribution in [0.2, 0.25) is 0 Å². The molecular weight excluding hydrogens is 517 g/mol. The molecule has 1 saturated heterocycles. The van der Waals surface area contributed by atoms with Crippen LogP contribution in [0.4, 0.5) is 4.39 Å². The maximum absolute atomic E-state index is 14.4. The summed E-state index contributed by atoms with van der Waals surface area (Å²) < 4.78 is 16.4. The highest BCUT2D eigenvalue weighted by Crippen LogP contribution is 2.27. The summed E-state index contributed by atoms with van der Waals surface area (Å²) in [5, 5.41) is 8.21. The number of amides is 2. The lowest BCUT2D eigenvalue weighted by Crippen LogP contribution is -2.39. The van der Waals surface area contributed by atoms with Crippen molar-refractivity contribution in [3.8, 4) is 5.69 Å². The SMILES string of the molecule is CNC(=O)c1cccc(CCN2CCC(c3cn(-c4ccc(F)cc4C(=O)N(C)C(C)C)c4c3=CCNC=4)CC2)c1. The highest BCUT2D eigenvalue weighted by atomic mass is 19.1. The molecule has 5 rings (SSSR count). The quantitative estimate of drug-likeness (QED) is 0.447. The Hall–Kier alpha value is -3.91. The fourth-order valence-electron chi connectivity index (χ4n) is 5.85. The number of halogens is 1. The second kappa shape index (κ2) is 12.3. The van der Waals surface area contributed by atoms with E-state index in [4.69, 9.17) is 0 Å². The smallest absolute Gasteiger partial charge is 0.256 e. The van der Waals surface area contributed by atoms with Gasteiger partial charge >= 0.3 is 0 Å². The van der Waals surface area contributed by atoms with Gasteiger partial charge in [0.15, 0.2) is 0 Å². The molecule has 3 heterocycles. The minimum absolute atomic E-state index is 0.000662. The average Bonchev–Trinajstić information content (AvgIpc) is 3.38. The third-order valence-electron chi connectivity index (χ3n) is 8.48. The van der Waals surface area contributed by atoms with Gasteiger partial charge in [-0.05, 0) is 93.6 Å². The monoisotopic (exact) mass is 557 g/mol. The molecule has 41 heavy (non-hydrogen) atoms. The number of hydrogen-bond donors (Lipinski definition) is 2. The van der Waals surface area contributed by atoms with Crippen molar-refractivity contribution in [3.63, 3.8) is 0 Å². The van der Waals surface area contributed by atoms with Gasteiger partial charge in [-0.3, -0.25) is 9.59 Å². The van der Waals surface area contributed by atoms with Gasteiger partial charge < -0.3 is 25.0 Å². The zero-order valence-electron chi connectivity index (χ0n) is 24.4. The normalized spacial score (nSPS) is 15.5. The second-order valence-electron chi connectivity index (χ2n) is 11.3. The summed E-state index contributed by atoms with van der Waals surface area (Å²) in [4.78, 5) is 29.5. The molecule has 2 N–H and O–H groups in total. The average molecular weight is 558 g/mol. The molecule has 0 spiro atoms. The lowest BCUT2D eigenvalue weighted by Gasteiger charge is -2.32. The molecule has 0 unspecified atom stereocenters. The standard InChI is InChI=1S/C33H40FN5O2/c1-22(2)37(4)33(41)28-19-26(34)8-9-30(28)39-21-29(27-10-14-36-20-31(27)39)24-12-16-38(17-13-24)15-11-23-6-5-7-25(18-23)32(40)35-3/h5-10,18-22,24,36H,11-17H2,1-4H3,(H,35,40). The fraction of sp³-hybridized carbons (Fsp3) is 0.394. The zero-order valence-corrected chi connectivity index (χ0v) is 24.4. The van der Waals surface area contributed by atoms with Gasteiger partial charge in [0.05, 0.1) is 16.6 Å². The van der Waals surface area contributed by atoms with E-state index >= 15 is 0 Å². The lowest BCUT2D eigenvalue weighted by molar-refractivity contribution is 0.0754. The number of rotatable bonds is 8. The molecule has 7 nitrogen and oxygen atoms in total. The van der Waals surface area contributed by atoms with E-state index in [-0.39, 0.29) is 17.9 Å². The summed E-state index contributed by atoms with van der Waals surface area (Å²) in [7, 11) is 3.41. The Morgan fingerprint density at radius 1 is 1.15 bits per heavy atom. The number of likely N-dealkylation sites (tertiary alicyclic amines) is 1. The van der Waals surface area contributed by atoms with Crippen LogP contribution in [-0.4, -0.2) is 72.5 Å². The van der Waals surface area contributed by atoms with Gasteiger partial charge in [-0.15, -0.1) is 0 Å². The van der Waals surface area contributed by atoms with Gasteiger partial charge in [0.1, 0.15) is 5.82 Å². The van der Waals surface area contributed by atoms with E-state index in [2.05, 4.69) is 38.4 Å². The molecule has 2 amide bonds. The summed E-state index contributed by atoms with van der Waals surface area (Å²) >= 11 is 0. The summed E-state index contributed by atoms with van der Waals surface area (Å²) in [6.45, 7) is 7.61. The van der Waals surface area contributed by atoms with Crippen LogP contribution in [0.3, 0.4) is 0 Å². The Balaban J connectivity index is 1.35. The van der Waals surface area contributed by atoms with E-state index < -0.39 is 5.82 Å². The predicted molar refractivity (Wildman–Crippen MR) is 161 cm³/mol. The first kappa shape index (κ1) is 28.6. The number of nitrogens with one attached hydrogen (secondary N) is 2. The summed E-state index contributed by atoms with van der Waals surface area (Å²) in [5.74, 6) is -0.271. The summed E-state index contributed by atoms with van der Waals surface area (Å²) in [6.07, 6.45) is 9.38. The zero-order chi connectivity index (χ0) is 29.1. The third-order valence-corrected chi connectivity index (χ3v) is 8.48. The Morgan fingerprint density at radius 2 is 1.93 bits per heavy atom. The fourth-order valence-corrected chi connectivity index (χ4v) is 5.85. The molecule has 1 aromatic heterocycles. The van der Waals surface area contributed by atoms with Crippen LogP contribution in [0, 0.1) is 5.82 Å². The van der Waals surface area contributed by atoms with Crippen molar-refractivity contribution >= 4 is 24.1 Å². The van der Waals surface area contributed by atoms with Gasteiger partial charge in [0.25, 0.3) is 11.8 Å². The van der Waals surface area contributed by atoms with E-state index in [0.717, 1.165) is 50.8 Å². The van der Waals surface area contributed by atoms with E-state index in [1.165, 1.54) is 28.5 Å². The van der Waals surface area contributed by atoms with Gasteiger partial charge in [0.2, 0.25) is 0 Å². The molecule has 8 heteroatoms. The minimum Gasteiger partial charge on any atom is -0.386 e. The molecule has 1 fully saturated rings. The van der Waals surface area contributed by atoms with Crippen LogP contribution in [0.25, 0.3) is 18.0 Å². The highest BCUT2D eigenvalue weighted by Gasteiger charge is 2.26. The molecule has 2 aromatic carbocycles. The number of carbonyl (C=O) groups is 2. The molecule has 3 aromatic rings. The van der Waals surface area contributed by atoms with Crippen LogP contribution in [0.15, 0.2) is 48.7 Å². The van der Waals surface area contributed by atoms with Crippen molar-refractivity contribution in [3.05, 3.63) is 87.3 Å². The van der Waals surface area contributed by atoms with Gasteiger partial charge in [-0.25, -0.2) is 4.39 Å². The highest BCUT2D eigenvalue weighted by molar-refractivity contribution is 5.98. The Labute approximate surface area is 241 Å². The first-order chi connectivity index (χ1) is 19.8. The number of carbonyl (C=O) groups excluding carboxylic acids is 2. The molecule has 2 aliphatic heterocycles. The van der Waals surface area contributed by atoms with E-state index in [0.29, 0.717) is 22.7 Å². The van der Waals surface area contributed by atoms with Crippen molar-refractivity contribution in [2.75, 3.05) is 40.3 Å². The van der Waals surface area contributed by atoms with Crippen molar-refractivity contribution < 1.29 is 14.0 Å². The van der Waals surface area contributed by atoms with Crippen molar-refractivity contribution in [1.82, 2.24) is 25.0 Å². The number of hydrogen-bond acceptors (Lipinski definition) is 4. The molecule has 0 saturated carbocycles. The van der Waals surface area contributed by atoms with Crippen LogP contribution < -0.4 is 21.2 Å². The molecule has 0 aliphatic carbocycles. The first-order valence-corrected chi connectivity index (χ1v) is 14.5. The maximum atomic E-state index is 14.4. The van der Waals surface area contributed by atoms with Crippen LogP contribution in [0.5, 0.6) is 0 Å². The van der Waals surface area contributed by atoms with Gasteiger partial charge in [-0.1, -0.05) is 18.2 Å². The van der Waals surface area contributed by atoms with E-state index in [1.54, 1.807) is 25.1 Å². The van der Waals surface area contributed by atoms with Gasteiger partial charge in [-0.2, -0.15) is 0 Å². The van der Waals surface area contributed by atoms with Crippen LogP contribution >= 0.6 is 0 Å². The van der Waals surface area contributed by atoms with Crippen molar-refractivity contribution in [2.45, 2.75) is 45.1 Å². The molecule has 0 radical (unpaired) electrons. The lowest BCUT2D eigenvalue weighted by atomic mass is 9.89. The minimum atomic E-state index is -0.420. The number of piperidine rings is 1. The largest absolute Gasteiger partial charge is 0.386 e. The van der Waals surface area contributed by atoms with E-state index in [9.17, 15) is 14.0 Å². The molecule has 2 aliphatic rings. The predicted octanol–water partition coefficient (Wildman–Crippen LogP) is 3.00. The topological polar surface area (TPSA) is 69.6 Å². The maximum Gasteiger partial charge on any atom is 0.256 e. The van der Waals surface area contributed by atoms with Crippen molar-refractivity contribution in [2.24, 2.45) is 0 Å². The van der Waals surface area contributed by atoms with Gasteiger partial charge in [0, 0.05) is 56.4 Å². The molecular formula is C33H40FN5O2. The summed E-state index contributed by atoms with van der Waals surface area (Å²) in [5.41, 5.74) is 4.21. The van der Waals surface area contributed by atoms with Crippen LogP contribution in [0.1, 0.15) is 64.4 Å². The number of fused-ring (bicyclic) bond motifs is 1. The number of aromatic nitrogens is 1. The Bertz CT molecular complexity index is 1550. The Morgan fingerprint density at radius 3 is 2.66 bits per heavy atom. The third kappa shape index (κ3) is 6.07.